The first kappa shape index (κ1) is 55.4. The topological polar surface area (TPSA) is 319 Å². The van der Waals surface area contributed by atoms with Crippen LogP contribution < -0.4 is 27.0 Å². The van der Waals surface area contributed by atoms with Crippen LogP contribution in [0.25, 0.3) is 33.2 Å². The van der Waals surface area contributed by atoms with E-state index in [1.54, 1.807) is 68.4 Å². The van der Waals surface area contributed by atoms with Gasteiger partial charge in [-0.25, -0.2) is 57.6 Å². The minimum Gasteiger partial charge on any atom is -0.460 e. The highest BCUT2D eigenvalue weighted by atomic mass is 35.5. The molecular weight excluding hydrogens is 1040 g/mol. The number of rotatable bonds is 9. The average Bonchev–Trinajstić information content (AvgIpc) is 4.00. The molecule has 2 amide bonds. The third-order valence-corrected chi connectivity index (χ3v) is 10.4. The van der Waals surface area contributed by atoms with Crippen molar-refractivity contribution >= 4 is 104 Å². The molecule has 0 aliphatic rings. The minimum atomic E-state index is -1.02. The molecule has 27 heteroatoms. The Balaban J connectivity index is 0.000000227. The van der Waals surface area contributed by atoms with Gasteiger partial charge in [0.15, 0.2) is 17.5 Å². The summed E-state index contributed by atoms with van der Waals surface area (Å²) in [6.45, 7) is 15.2. The van der Waals surface area contributed by atoms with E-state index in [2.05, 4.69) is 50.7 Å². The van der Waals surface area contributed by atoms with Crippen LogP contribution in [0.1, 0.15) is 79.1 Å². The van der Waals surface area contributed by atoms with Gasteiger partial charge in [0.1, 0.15) is 87.3 Å². The van der Waals surface area contributed by atoms with Crippen molar-refractivity contribution < 1.29 is 37.4 Å². The van der Waals surface area contributed by atoms with Crippen molar-refractivity contribution in [1.29, 1.82) is 10.5 Å². The normalized spacial score (nSPS) is 11.5. The Bertz CT molecular complexity index is 3680. The molecule has 396 valence electrons. The summed E-state index contributed by atoms with van der Waals surface area (Å²) < 4.78 is 48.0. The van der Waals surface area contributed by atoms with E-state index < -0.39 is 46.6 Å². The van der Waals surface area contributed by atoms with Gasteiger partial charge in [-0.1, -0.05) is 23.2 Å². The van der Waals surface area contributed by atoms with Crippen LogP contribution in [0, 0.1) is 34.3 Å². The molecule has 0 aliphatic heterocycles. The molecule has 0 bridgehead atoms. The van der Waals surface area contributed by atoms with Gasteiger partial charge in [0.2, 0.25) is 0 Å². The number of nitrogen functional groups attached to an aromatic ring is 2. The van der Waals surface area contributed by atoms with Crippen LogP contribution in [-0.2, 0) is 25.4 Å². The number of nitrogens with two attached hydrogens (primary N) is 2. The highest BCUT2D eigenvalue weighted by Gasteiger charge is 2.34. The summed E-state index contributed by atoms with van der Waals surface area (Å²) in [6.07, 6.45) is 5.21. The van der Waals surface area contributed by atoms with E-state index in [0.717, 1.165) is 18.7 Å². The van der Waals surface area contributed by atoms with Crippen LogP contribution in [0.5, 0.6) is 0 Å². The van der Waals surface area contributed by atoms with Gasteiger partial charge in [-0.15, -0.1) is 0 Å². The fraction of sp³-hybridized carbons (Fsp3) is 0.260. The highest BCUT2D eigenvalue weighted by molar-refractivity contribution is 6.33. The summed E-state index contributed by atoms with van der Waals surface area (Å²) >= 11 is 12.7. The van der Waals surface area contributed by atoms with Crippen LogP contribution >= 0.6 is 23.2 Å². The number of pyridine rings is 2. The monoisotopic (exact) mass is 1090 g/mol. The molecule has 0 aliphatic carbocycles. The summed E-state index contributed by atoms with van der Waals surface area (Å²) in [6, 6.07) is 12.7. The summed E-state index contributed by atoms with van der Waals surface area (Å²) in [5.74, 6) is -1.19. The van der Waals surface area contributed by atoms with Gasteiger partial charge in [-0.2, -0.15) is 25.6 Å². The number of nitriles is 2. The molecule has 23 nitrogen and oxygen atoms in total. The number of carbonyl (C=O) groups is 3. The van der Waals surface area contributed by atoms with Gasteiger partial charge in [-0.3, -0.25) is 4.79 Å². The van der Waals surface area contributed by atoms with Gasteiger partial charge < -0.3 is 36.3 Å². The number of fused-ring (bicyclic) bond motifs is 2. The number of hydrogen-bond donors (Lipinski definition) is 4. The van der Waals surface area contributed by atoms with Crippen LogP contribution in [0.3, 0.4) is 0 Å². The molecular formula is C50H47Cl2F2N17O6. The summed E-state index contributed by atoms with van der Waals surface area (Å²) in [4.78, 5) is 63.5. The van der Waals surface area contributed by atoms with E-state index in [1.165, 1.54) is 58.4 Å². The molecule has 0 fully saturated rings. The van der Waals surface area contributed by atoms with Crippen LogP contribution in [0.15, 0.2) is 73.8 Å². The van der Waals surface area contributed by atoms with E-state index in [1.807, 2.05) is 12.1 Å². The maximum Gasteiger partial charge on any atom is 0.425 e. The van der Waals surface area contributed by atoms with Crippen molar-refractivity contribution in [3.63, 3.8) is 0 Å². The lowest BCUT2D eigenvalue weighted by Crippen LogP contribution is -2.44. The summed E-state index contributed by atoms with van der Waals surface area (Å²) in [7, 11) is 0. The van der Waals surface area contributed by atoms with Crippen LogP contribution in [0.2, 0.25) is 10.0 Å². The number of anilines is 7. The van der Waals surface area contributed by atoms with Crippen molar-refractivity contribution in [2.75, 3.05) is 27.0 Å². The largest absolute Gasteiger partial charge is 0.460 e. The molecule has 0 unspecified atom stereocenters. The fourth-order valence-corrected chi connectivity index (χ4v) is 7.63. The third kappa shape index (κ3) is 13.5. The molecule has 0 saturated heterocycles. The number of halogens is 4. The van der Waals surface area contributed by atoms with Gasteiger partial charge in [0.25, 0.3) is 0 Å². The number of aromatic nitrogens is 10. The van der Waals surface area contributed by atoms with Gasteiger partial charge >= 0.3 is 18.2 Å². The Morgan fingerprint density at radius 3 is 1.49 bits per heavy atom. The Kier molecular flexibility index (Phi) is 15.7. The highest BCUT2D eigenvalue weighted by Crippen LogP contribution is 2.34. The second-order valence-electron chi connectivity index (χ2n) is 19.6. The van der Waals surface area contributed by atoms with E-state index in [9.17, 15) is 33.7 Å². The van der Waals surface area contributed by atoms with E-state index in [-0.39, 0.29) is 84.3 Å². The predicted octanol–water partition coefficient (Wildman–Crippen LogP) is 9.96. The number of carbonyl (C=O) groups excluding carboxylic acids is 3. The third-order valence-electron chi connectivity index (χ3n) is 9.87. The molecule has 6 heterocycles. The fourth-order valence-electron chi connectivity index (χ4n) is 7.00. The van der Waals surface area contributed by atoms with E-state index >= 15 is 0 Å². The predicted molar refractivity (Wildman–Crippen MR) is 281 cm³/mol. The molecule has 2 aromatic carbocycles. The number of imide groups is 1. The number of hydrogen-bond acceptors (Lipinski definition) is 20. The standard InChI is InChI=1S/C27H27ClFN9O4.C23H20ClFN8O2/c1-26(2,3)41-24(39)38(25(40)42-27(4,5)6)20-9-19(33-13-34-20)35-23-16-12-37(36-21(16)18(29)11-32-23)22-14(10-30)7-15(31)8-17(22)28;1-23(2,3)35-19(34)7-14-6-18(30-11-29-14)31-22-15-10-33(32-20(15)17(25)9-28-22)21-12(8-26)4-13(27)5-16(21)24/h7-9,11-13H,31H2,1-6H3,(H,32,33,34,35);4-6,9-11H,7,27H2,1-3H3,(H,28,29,30,31). The Morgan fingerprint density at radius 2 is 1.06 bits per heavy atom. The maximum atomic E-state index is 14.8. The van der Waals surface area contributed by atoms with E-state index in [0.29, 0.717) is 27.5 Å². The molecule has 6 aromatic heterocycles. The maximum absolute atomic E-state index is 14.8. The van der Waals surface area contributed by atoms with E-state index in [4.69, 9.17) is 48.9 Å². The zero-order valence-corrected chi connectivity index (χ0v) is 44.1. The minimum absolute atomic E-state index is 0.00214. The number of esters is 1. The summed E-state index contributed by atoms with van der Waals surface area (Å²) in [5, 5.41) is 34.4. The Morgan fingerprint density at radius 1 is 0.636 bits per heavy atom. The molecule has 0 radical (unpaired) electrons. The SMILES string of the molecule is CC(C)(C)OC(=O)Cc1cc(Nc2ncc(F)c3nn(-c4c(Cl)cc(N)cc4C#N)cc23)ncn1.CC(C)(C)OC(=O)N(C(=O)OC(C)(C)C)c1cc(Nc2ncc(F)c3nn(-c4c(Cl)cc(N)cc4C#N)cc23)ncn1. The van der Waals surface area contributed by atoms with Gasteiger partial charge in [0.05, 0.1) is 56.5 Å². The number of nitrogens with zero attached hydrogens (tertiary/aromatic N) is 13. The average molecular weight is 1090 g/mol. The van der Waals surface area contributed by atoms with Crippen molar-refractivity contribution in [2.45, 2.75) is 85.5 Å². The summed E-state index contributed by atoms with van der Waals surface area (Å²) in [5.41, 5.74) is 10.8. The van der Waals surface area contributed by atoms with Crippen LogP contribution in [-0.4, -0.2) is 84.4 Å². The lowest BCUT2D eigenvalue weighted by Gasteiger charge is -2.28. The second-order valence-corrected chi connectivity index (χ2v) is 20.4. The Hall–Kier alpha value is -9.33. The molecule has 8 rings (SSSR count). The first-order valence-electron chi connectivity index (χ1n) is 22.8. The number of nitrogens with one attached hydrogen (secondary N) is 2. The lowest BCUT2D eigenvalue weighted by atomic mass is 10.1. The van der Waals surface area contributed by atoms with Crippen molar-refractivity contribution in [1.82, 2.24) is 49.5 Å². The molecule has 0 atom stereocenters. The molecule has 6 N–H and O–H groups in total. The van der Waals surface area contributed by atoms with Crippen molar-refractivity contribution in [2.24, 2.45) is 0 Å². The molecule has 77 heavy (non-hydrogen) atoms. The molecule has 8 aromatic rings. The number of benzene rings is 2. The molecule has 0 spiro atoms. The zero-order valence-electron chi connectivity index (χ0n) is 42.6. The van der Waals surface area contributed by atoms with Crippen molar-refractivity contribution in [3.05, 3.63) is 112 Å². The Labute approximate surface area is 447 Å². The smallest absolute Gasteiger partial charge is 0.425 e. The van der Waals surface area contributed by atoms with Crippen molar-refractivity contribution in [3.8, 4) is 23.5 Å². The van der Waals surface area contributed by atoms with Crippen LogP contribution in [0.4, 0.5) is 58.8 Å². The van der Waals surface area contributed by atoms with Gasteiger partial charge in [-0.05, 0) is 86.6 Å². The lowest BCUT2D eigenvalue weighted by molar-refractivity contribution is -0.154. The first-order chi connectivity index (χ1) is 36.1. The van der Waals surface area contributed by atoms with Gasteiger partial charge in [0, 0.05) is 35.9 Å². The number of amides is 2. The number of ether oxygens (including phenoxy) is 3. The quantitative estimate of drug-likeness (QED) is 0.0593. The zero-order chi connectivity index (χ0) is 56.3. The molecule has 0 saturated carbocycles. The second kappa shape index (κ2) is 21.9. The first-order valence-corrected chi connectivity index (χ1v) is 23.6.